The molecule has 0 aromatic rings. The van der Waals surface area contributed by atoms with Crippen molar-refractivity contribution in [1.29, 1.82) is 0 Å². The fraction of sp³-hybridized carbons (Fsp3) is 0. The standard InChI is InChI=1S/F2HNO4S2.F2NO4S2.2FH.2Li/c2*1-8(4,5)3-9(2,6)7;;;;/h3H;;2*1H;;/q;-1;;;2*+1/p-1. The molecule has 0 heterocycles. The van der Waals surface area contributed by atoms with E-state index in [4.69, 9.17) is 0 Å². The van der Waals surface area contributed by atoms with Gasteiger partial charge in [-0.15, -0.1) is 7.77 Å². The molecule has 0 fully saturated rings. The molecule has 0 spiro atoms. The number of halogens is 6. The van der Waals surface area contributed by atoms with Crippen molar-refractivity contribution < 1.29 is 96.3 Å². The van der Waals surface area contributed by atoms with Crippen molar-refractivity contribution in [2.45, 2.75) is 0 Å². The number of hydrogen-bond donors (Lipinski definition) is 1. The van der Waals surface area contributed by atoms with Crippen LogP contribution in [0.2, 0.25) is 0 Å². The Morgan fingerprint density at radius 1 is 0.636 bits per heavy atom. The average Bonchev–Trinajstić information content (AvgIpc) is 1.64. The number of rotatable bonds is 4. The van der Waals surface area contributed by atoms with Crippen LogP contribution in [0.5, 0.6) is 0 Å². The third-order valence-corrected chi connectivity index (χ3v) is 3.39. The Morgan fingerprint density at radius 3 is 0.818 bits per heavy atom. The summed E-state index contributed by atoms with van der Waals surface area (Å²) >= 11 is 0. The molecule has 10 nitrogen and oxygen atoms in total. The first kappa shape index (κ1) is 38.2. The van der Waals surface area contributed by atoms with Gasteiger partial charge in [0.05, 0.1) is 0 Å². The second kappa shape index (κ2) is 12.9. The SMILES string of the molecule is F.O=S(=O)(F)NS(=O)(=O)F.O=S(=O)(F)[N-]S(=O)(=O)F.[F-].[Li+].[Li+]. The van der Waals surface area contributed by atoms with E-state index in [-0.39, 0.29) is 51.3 Å². The summed E-state index contributed by atoms with van der Waals surface area (Å²) in [5.41, 5.74) is 0. The topological polar surface area (TPSA) is 163 Å². The van der Waals surface area contributed by atoms with E-state index < -0.39 is 41.6 Å². The van der Waals surface area contributed by atoms with Gasteiger partial charge in [0.2, 0.25) is 20.8 Å². The molecule has 128 valence electrons. The number of nitrogens with zero attached hydrogens (tertiary/aromatic N) is 1. The smallest absolute Gasteiger partial charge is 1.00 e. The van der Waals surface area contributed by atoms with Crippen LogP contribution in [-0.4, -0.2) is 33.7 Å². The number of nitrogens with one attached hydrogen (secondary N) is 1. The summed E-state index contributed by atoms with van der Waals surface area (Å²) in [7, 11) is -22.2. The van der Waals surface area contributed by atoms with E-state index in [9.17, 15) is 49.2 Å². The maximum Gasteiger partial charge on any atom is 1.00 e. The molecule has 22 heteroatoms. The van der Waals surface area contributed by atoms with E-state index >= 15 is 0 Å². The summed E-state index contributed by atoms with van der Waals surface area (Å²) < 4.78 is 119. The minimum atomic E-state index is -5.62. The maximum absolute atomic E-state index is 11.1. The van der Waals surface area contributed by atoms with Crippen LogP contribution in [0, 0.1) is 0 Å². The Hall–Kier alpha value is 0.495. The van der Waals surface area contributed by atoms with Crippen LogP contribution in [0.15, 0.2) is 0 Å². The van der Waals surface area contributed by atoms with Crippen LogP contribution in [0.1, 0.15) is 0 Å². The number of hydrogen-bond acceptors (Lipinski definition) is 8. The van der Waals surface area contributed by atoms with E-state index in [2.05, 4.69) is 0 Å². The van der Waals surface area contributed by atoms with Crippen molar-refractivity contribution in [2.24, 2.45) is 0 Å². The molecule has 1 N–H and O–H groups in total. The normalized spacial score (nSPS) is 11.1. The minimum Gasteiger partial charge on any atom is -1.00 e. The molecule has 0 atom stereocenters. The van der Waals surface area contributed by atoms with Gasteiger partial charge in [0.15, 0.2) is 0 Å². The molecule has 0 aliphatic heterocycles. The Bertz CT molecular complexity index is 559. The van der Waals surface area contributed by atoms with Crippen molar-refractivity contribution in [3.63, 3.8) is 0 Å². The second-order valence-electron chi connectivity index (χ2n) is 1.86. The second-order valence-corrected chi connectivity index (χ2v) is 6.52. The van der Waals surface area contributed by atoms with E-state index in [1.807, 2.05) is 0 Å². The third kappa shape index (κ3) is 49.9. The maximum atomic E-state index is 11.1. The summed E-state index contributed by atoms with van der Waals surface area (Å²) in [5, 5.41) is 0. The van der Waals surface area contributed by atoms with Crippen LogP contribution in [0.4, 0.5) is 20.2 Å². The van der Waals surface area contributed by atoms with Gasteiger partial charge in [-0.2, -0.15) is 16.8 Å². The molecule has 0 saturated carbocycles. The first-order valence-corrected chi connectivity index (χ1v) is 8.17. The predicted octanol–water partition coefficient (Wildman–Crippen LogP) is -10.0. The first-order valence-electron chi connectivity index (χ1n) is 2.72. The van der Waals surface area contributed by atoms with Crippen LogP contribution in [0.3, 0.4) is 0 Å². The Morgan fingerprint density at radius 2 is 0.818 bits per heavy atom. The summed E-state index contributed by atoms with van der Waals surface area (Å²) in [5.74, 6) is 0. The molecule has 0 aromatic carbocycles. The fourth-order valence-corrected chi connectivity index (χ4v) is 2.03. The summed E-state index contributed by atoms with van der Waals surface area (Å²) in [6, 6.07) is 0. The third-order valence-electron chi connectivity index (χ3n) is 0.377. The van der Waals surface area contributed by atoms with Gasteiger partial charge >= 0.3 is 58.5 Å². The molecule has 0 aliphatic carbocycles. The van der Waals surface area contributed by atoms with Crippen LogP contribution >= 0.6 is 0 Å². The Kier molecular flexibility index (Phi) is 22.3. The molecule has 0 aliphatic rings. The first-order chi connectivity index (χ1) is 7.41. The van der Waals surface area contributed by atoms with Gasteiger partial charge < -0.3 is 8.83 Å². The zero-order chi connectivity index (χ0) is 15.4. The quantitative estimate of drug-likeness (QED) is 0.269. The van der Waals surface area contributed by atoms with Gasteiger partial charge in [-0.3, -0.25) is 4.70 Å². The van der Waals surface area contributed by atoms with Gasteiger partial charge in [0.1, 0.15) is 0 Å². The van der Waals surface area contributed by atoms with E-state index in [0.717, 1.165) is 4.13 Å². The summed E-state index contributed by atoms with van der Waals surface area (Å²) in [6.07, 6.45) is 0. The molecule has 22 heavy (non-hydrogen) atoms. The van der Waals surface area contributed by atoms with Gasteiger partial charge in [0, 0.05) is 0 Å². The molecule has 0 aromatic heterocycles. The van der Waals surface area contributed by atoms with E-state index in [0.29, 0.717) is 0 Å². The predicted molar refractivity (Wildman–Crippen MR) is 49.1 cm³/mol. The zero-order valence-corrected chi connectivity index (χ0v) is 13.4. The van der Waals surface area contributed by atoms with Crippen LogP contribution in [-0.2, 0) is 41.6 Å². The van der Waals surface area contributed by atoms with Gasteiger partial charge in [-0.25, -0.2) is 16.8 Å². The molecule has 0 amide bonds. The molecular formula is H2F6Li2N2O8S4. The van der Waals surface area contributed by atoms with Crippen molar-refractivity contribution in [3.8, 4) is 0 Å². The van der Waals surface area contributed by atoms with E-state index in [1.165, 1.54) is 0 Å². The molecular weight excluding hydrogens is 412 g/mol. The van der Waals surface area contributed by atoms with Crippen molar-refractivity contribution >= 4 is 41.6 Å². The Labute approximate surface area is 145 Å². The minimum absolute atomic E-state index is 0. The average molecular weight is 414 g/mol. The molecule has 0 rings (SSSR count). The van der Waals surface area contributed by atoms with E-state index in [1.54, 1.807) is 0 Å². The van der Waals surface area contributed by atoms with Crippen molar-refractivity contribution in [2.75, 3.05) is 0 Å². The van der Waals surface area contributed by atoms with Crippen LogP contribution < -0.4 is 46.6 Å². The van der Waals surface area contributed by atoms with Crippen LogP contribution in [0.25, 0.3) is 4.13 Å². The van der Waals surface area contributed by atoms with Gasteiger partial charge in [-0.05, 0) is 0 Å². The van der Waals surface area contributed by atoms with Gasteiger partial charge in [0.25, 0.3) is 0 Å². The molecule has 0 saturated heterocycles. The summed E-state index contributed by atoms with van der Waals surface area (Å²) in [4.78, 5) is 0. The Balaban J connectivity index is -0.0000000492. The largest absolute Gasteiger partial charge is 1.00 e. The molecule has 0 radical (unpaired) electrons. The monoisotopic (exact) mass is 414 g/mol. The zero-order valence-electron chi connectivity index (χ0n) is 10.1. The summed E-state index contributed by atoms with van der Waals surface area (Å²) in [6.45, 7) is 0. The molecule has 0 bridgehead atoms. The van der Waals surface area contributed by atoms with Crippen molar-refractivity contribution in [1.82, 2.24) is 4.13 Å². The fourth-order valence-electron chi connectivity index (χ4n) is 0.225. The van der Waals surface area contributed by atoms with Crippen molar-refractivity contribution in [3.05, 3.63) is 4.13 Å². The van der Waals surface area contributed by atoms with Gasteiger partial charge in [-0.1, -0.05) is 11.9 Å². The molecule has 0 unspecified atom stereocenters.